The van der Waals surface area contributed by atoms with E-state index in [2.05, 4.69) is 58.8 Å². The molecule has 0 aromatic heterocycles. The molecule has 1 unspecified atom stereocenters. The molecule has 0 aliphatic carbocycles. The summed E-state index contributed by atoms with van der Waals surface area (Å²) >= 11 is 0. The van der Waals surface area contributed by atoms with Crippen molar-refractivity contribution in [1.29, 1.82) is 0 Å². The lowest BCUT2D eigenvalue weighted by atomic mass is 10.1. The molecule has 0 heterocycles. The SMILES string of the molecule is CN=C(NCCC(C)N(C)Cc1ccccc1)NCc1ccc(F)c(COC)c1. The molecule has 0 aliphatic heterocycles. The Bertz CT molecular complexity index is 767. The van der Waals surface area contributed by atoms with Crippen molar-refractivity contribution < 1.29 is 9.13 Å². The summed E-state index contributed by atoms with van der Waals surface area (Å²) in [5.41, 5.74) is 2.86. The van der Waals surface area contributed by atoms with Crippen LogP contribution in [-0.2, 0) is 24.4 Å². The van der Waals surface area contributed by atoms with Gasteiger partial charge in [-0.3, -0.25) is 9.89 Å². The lowest BCUT2D eigenvalue weighted by Gasteiger charge is -2.25. The van der Waals surface area contributed by atoms with Crippen molar-refractivity contribution in [3.63, 3.8) is 0 Å². The van der Waals surface area contributed by atoms with E-state index in [1.54, 1.807) is 20.2 Å². The Kier molecular flexibility index (Phi) is 9.60. The Morgan fingerprint density at radius 2 is 1.90 bits per heavy atom. The summed E-state index contributed by atoms with van der Waals surface area (Å²) < 4.78 is 18.8. The second-order valence-electron chi connectivity index (χ2n) is 7.25. The number of nitrogens with one attached hydrogen (secondary N) is 2. The van der Waals surface area contributed by atoms with Crippen molar-refractivity contribution in [3.05, 3.63) is 71.0 Å². The maximum Gasteiger partial charge on any atom is 0.191 e. The molecule has 158 valence electrons. The maximum atomic E-state index is 13.7. The van der Waals surface area contributed by atoms with Gasteiger partial charge in [-0.2, -0.15) is 0 Å². The van der Waals surface area contributed by atoms with Gasteiger partial charge < -0.3 is 15.4 Å². The van der Waals surface area contributed by atoms with Gasteiger partial charge in [0.2, 0.25) is 0 Å². The summed E-state index contributed by atoms with van der Waals surface area (Å²) in [6.45, 7) is 4.82. The van der Waals surface area contributed by atoms with Gasteiger partial charge in [-0.05, 0) is 43.7 Å². The zero-order valence-electron chi connectivity index (χ0n) is 17.9. The molecule has 0 radical (unpaired) electrons. The highest BCUT2D eigenvalue weighted by atomic mass is 19.1. The van der Waals surface area contributed by atoms with E-state index in [4.69, 9.17) is 4.74 Å². The van der Waals surface area contributed by atoms with Crippen molar-refractivity contribution in [2.24, 2.45) is 4.99 Å². The zero-order valence-corrected chi connectivity index (χ0v) is 17.9. The van der Waals surface area contributed by atoms with Crippen LogP contribution in [0.5, 0.6) is 0 Å². The van der Waals surface area contributed by atoms with Crippen molar-refractivity contribution >= 4 is 5.96 Å². The molecule has 5 nitrogen and oxygen atoms in total. The smallest absolute Gasteiger partial charge is 0.191 e. The zero-order chi connectivity index (χ0) is 21.1. The molecule has 2 N–H and O–H groups in total. The van der Waals surface area contributed by atoms with E-state index < -0.39 is 0 Å². The standard InChI is InChI=1S/C23H33FN4O/c1-18(28(3)16-19-8-6-5-7-9-19)12-13-26-23(25-2)27-15-20-10-11-22(24)21(14-20)17-29-4/h5-11,14,18H,12-13,15-17H2,1-4H3,(H2,25,26,27). The van der Waals surface area contributed by atoms with Crippen LogP contribution in [0.4, 0.5) is 4.39 Å². The average molecular weight is 401 g/mol. The number of guanidine groups is 1. The molecule has 2 rings (SSSR count). The van der Waals surface area contributed by atoms with E-state index in [-0.39, 0.29) is 12.4 Å². The van der Waals surface area contributed by atoms with E-state index in [1.165, 1.54) is 11.6 Å². The van der Waals surface area contributed by atoms with Gasteiger partial charge >= 0.3 is 0 Å². The van der Waals surface area contributed by atoms with Gasteiger partial charge in [-0.1, -0.05) is 36.4 Å². The second kappa shape index (κ2) is 12.2. The molecular weight excluding hydrogens is 367 g/mol. The predicted molar refractivity (Wildman–Crippen MR) is 117 cm³/mol. The largest absolute Gasteiger partial charge is 0.380 e. The second-order valence-corrected chi connectivity index (χ2v) is 7.25. The number of benzene rings is 2. The van der Waals surface area contributed by atoms with Crippen LogP contribution in [0.15, 0.2) is 53.5 Å². The van der Waals surface area contributed by atoms with Crippen molar-refractivity contribution in [2.75, 3.05) is 27.7 Å². The predicted octanol–water partition coefficient (Wildman–Crippen LogP) is 3.55. The Balaban J connectivity index is 1.75. The summed E-state index contributed by atoms with van der Waals surface area (Å²) in [6.07, 6.45) is 0.999. The summed E-state index contributed by atoms with van der Waals surface area (Å²) in [5.74, 6) is 0.493. The fourth-order valence-electron chi connectivity index (χ4n) is 3.06. The monoisotopic (exact) mass is 400 g/mol. The van der Waals surface area contributed by atoms with Crippen LogP contribution in [0, 0.1) is 5.82 Å². The molecule has 0 fully saturated rings. The van der Waals surface area contributed by atoms with E-state index >= 15 is 0 Å². The van der Waals surface area contributed by atoms with Gasteiger partial charge in [0.15, 0.2) is 5.96 Å². The number of halogens is 1. The van der Waals surface area contributed by atoms with Gasteiger partial charge in [0.05, 0.1) is 6.61 Å². The van der Waals surface area contributed by atoms with Crippen LogP contribution in [0.25, 0.3) is 0 Å². The Morgan fingerprint density at radius 1 is 1.14 bits per heavy atom. The van der Waals surface area contributed by atoms with E-state index in [0.29, 0.717) is 18.2 Å². The number of hydrogen-bond donors (Lipinski definition) is 2. The Morgan fingerprint density at radius 3 is 2.59 bits per heavy atom. The molecule has 2 aromatic rings. The quantitative estimate of drug-likeness (QED) is 0.473. The van der Waals surface area contributed by atoms with Crippen LogP contribution in [0.3, 0.4) is 0 Å². The van der Waals surface area contributed by atoms with Gasteiger partial charge in [0.25, 0.3) is 0 Å². The number of hydrogen-bond acceptors (Lipinski definition) is 3. The number of ether oxygens (including phenoxy) is 1. The molecule has 0 aliphatic rings. The van der Waals surface area contributed by atoms with Crippen LogP contribution in [0.1, 0.15) is 30.0 Å². The minimum Gasteiger partial charge on any atom is -0.380 e. The van der Waals surface area contributed by atoms with E-state index in [1.807, 2.05) is 12.1 Å². The third-order valence-electron chi connectivity index (χ3n) is 4.98. The van der Waals surface area contributed by atoms with E-state index in [9.17, 15) is 4.39 Å². The first-order valence-electron chi connectivity index (χ1n) is 9.98. The molecule has 0 spiro atoms. The third-order valence-corrected chi connectivity index (χ3v) is 4.98. The molecule has 2 aromatic carbocycles. The summed E-state index contributed by atoms with van der Waals surface area (Å²) in [6, 6.07) is 16.0. The van der Waals surface area contributed by atoms with Gasteiger partial charge in [0.1, 0.15) is 5.82 Å². The van der Waals surface area contributed by atoms with Crippen LogP contribution < -0.4 is 10.6 Å². The van der Waals surface area contributed by atoms with Gasteiger partial charge in [0, 0.05) is 45.4 Å². The lowest BCUT2D eigenvalue weighted by molar-refractivity contribution is 0.181. The highest BCUT2D eigenvalue weighted by molar-refractivity contribution is 5.79. The first kappa shape index (κ1) is 22.8. The van der Waals surface area contributed by atoms with Gasteiger partial charge in [-0.15, -0.1) is 0 Å². The fourth-order valence-corrected chi connectivity index (χ4v) is 3.06. The fraction of sp³-hybridized carbons (Fsp3) is 0.435. The number of methoxy groups -OCH3 is 1. The first-order chi connectivity index (χ1) is 14.0. The summed E-state index contributed by atoms with van der Waals surface area (Å²) in [5, 5.41) is 6.63. The average Bonchev–Trinajstić information content (AvgIpc) is 2.73. The minimum absolute atomic E-state index is 0.244. The molecule has 1 atom stereocenters. The number of nitrogens with zero attached hydrogens (tertiary/aromatic N) is 2. The normalized spacial score (nSPS) is 12.8. The summed E-state index contributed by atoms with van der Waals surface area (Å²) in [7, 11) is 5.46. The molecule has 0 saturated carbocycles. The van der Waals surface area contributed by atoms with Crippen molar-refractivity contribution in [2.45, 2.75) is 39.1 Å². The first-order valence-corrected chi connectivity index (χ1v) is 9.98. The molecule has 0 amide bonds. The molecule has 29 heavy (non-hydrogen) atoms. The van der Waals surface area contributed by atoms with Crippen LogP contribution >= 0.6 is 0 Å². The number of rotatable bonds is 10. The van der Waals surface area contributed by atoms with Crippen molar-refractivity contribution in [3.8, 4) is 0 Å². The maximum absolute atomic E-state index is 13.7. The molecular formula is C23H33FN4O. The lowest BCUT2D eigenvalue weighted by Crippen LogP contribution is -2.39. The molecule has 0 bridgehead atoms. The Labute approximate surface area is 174 Å². The topological polar surface area (TPSA) is 48.9 Å². The highest BCUT2D eigenvalue weighted by Crippen LogP contribution is 2.12. The minimum atomic E-state index is -0.244. The van der Waals surface area contributed by atoms with E-state index in [0.717, 1.165) is 31.0 Å². The summed E-state index contributed by atoms with van der Waals surface area (Å²) in [4.78, 5) is 6.62. The molecule has 6 heteroatoms. The van der Waals surface area contributed by atoms with Crippen molar-refractivity contribution in [1.82, 2.24) is 15.5 Å². The van der Waals surface area contributed by atoms with Crippen LogP contribution in [0.2, 0.25) is 0 Å². The molecule has 0 saturated heterocycles. The number of aliphatic imine (C=N–C) groups is 1. The third kappa shape index (κ3) is 7.83. The van der Waals surface area contributed by atoms with Crippen LogP contribution in [-0.4, -0.2) is 44.7 Å². The Hall–Kier alpha value is -2.44. The van der Waals surface area contributed by atoms with Gasteiger partial charge in [-0.25, -0.2) is 4.39 Å². The highest BCUT2D eigenvalue weighted by Gasteiger charge is 2.10.